The molecule has 0 spiro atoms. The molecule has 0 aliphatic carbocycles. The number of carbonyl (C=O) groups excluding carboxylic acids is 3. The summed E-state index contributed by atoms with van der Waals surface area (Å²) in [6.07, 6.45) is -0.928. The lowest BCUT2D eigenvalue weighted by molar-refractivity contribution is -0.123. The van der Waals surface area contributed by atoms with Crippen molar-refractivity contribution in [2.45, 2.75) is 6.92 Å². The Kier molecular flexibility index (Phi) is 5.79. The molecule has 0 heterocycles. The van der Waals surface area contributed by atoms with E-state index in [-0.39, 0.29) is 22.9 Å². The number of halogens is 1. The number of ether oxygens (including phenoxy) is 2. The summed E-state index contributed by atoms with van der Waals surface area (Å²) in [5, 5.41) is 11.6. The van der Waals surface area contributed by atoms with E-state index in [2.05, 4.69) is 9.47 Å². The van der Waals surface area contributed by atoms with E-state index in [0.717, 1.165) is 6.07 Å². The smallest absolute Gasteiger partial charge is 0.413 e. The van der Waals surface area contributed by atoms with E-state index >= 15 is 0 Å². The second-order valence-electron chi connectivity index (χ2n) is 3.51. The zero-order valence-corrected chi connectivity index (χ0v) is 11.3. The van der Waals surface area contributed by atoms with Crippen LogP contribution in [0.5, 0.6) is 5.75 Å². The molecule has 0 saturated heterocycles. The van der Waals surface area contributed by atoms with Crippen LogP contribution in [0.3, 0.4) is 0 Å². The van der Waals surface area contributed by atoms with Crippen LogP contribution in [0, 0.1) is 0 Å². The van der Waals surface area contributed by atoms with Gasteiger partial charge in [0.25, 0.3) is 5.91 Å². The normalized spacial score (nSPS) is 9.70. The van der Waals surface area contributed by atoms with Crippen LogP contribution in [0.15, 0.2) is 18.2 Å². The van der Waals surface area contributed by atoms with E-state index in [4.69, 9.17) is 11.6 Å². The molecular formula is C12H12ClNO6. The van der Waals surface area contributed by atoms with Gasteiger partial charge in [0.15, 0.2) is 6.61 Å². The lowest BCUT2D eigenvalue weighted by atomic mass is 10.2. The molecule has 0 unspecified atom stereocenters. The molecule has 7 nitrogen and oxygen atoms in total. The lowest BCUT2D eigenvalue weighted by Gasteiger charge is -2.07. The molecule has 1 rings (SSSR count). The van der Waals surface area contributed by atoms with Crippen LogP contribution in [0.1, 0.15) is 17.3 Å². The summed E-state index contributed by atoms with van der Waals surface area (Å²) < 4.78 is 9.10. The molecule has 20 heavy (non-hydrogen) atoms. The molecule has 8 heteroatoms. The maximum atomic E-state index is 11.6. The minimum Gasteiger partial charge on any atom is -0.507 e. The Morgan fingerprint density at radius 3 is 2.60 bits per heavy atom. The van der Waals surface area contributed by atoms with Gasteiger partial charge in [0.2, 0.25) is 0 Å². The molecule has 0 fully saturated rings. The fourth-order valence-corrected chi connectivity index (χ4v) is 1.37. The van der Waals surface area contributed by atoms with Gasteiger partial charge in [-0.1, -0.05) is 11.6 Å². The molecule has 2 N–H and O–H groups in total. The van der Waals surface area contributed by atoms with Crippen LogP contribution < -0.4 is 5.32 Å². The van der Waals surface area contributed by atoms with Crippen molar-refractivity contribution in [1.82, 2.24) is 5.32 Å². The van der Waals surface area contributed by atoms with Crippen molar-refractivity contribution in [3.8, 4) is 5.75 Å². The standard InChI is InChI=1S/C12H12ClNO6/c1-2-19-12(18)14-10(16)6-20-11(17)8-4-3-7(13)5-9(8)15/h3-5,15H,2,6H2,1H3,(H,14,16,18). The summed E-state index contributed by atoms with van der Waals surface area (Å²) in [6, 6.07) is 3.80. The molecule has 1 aromatic rings. The molecule has 0 atom stereocenters. The minimum atomic E-state index is -0.928. The van der Waals surface area contributed by atoms with E-state index < -0.39 is 24.6 Å². The largest absolute Gasteiger partial charge is 0.507 e. The van der Waals surface area contributed by atoms with Gasteiger partial charge in [-0.05, 0) is 25.1 Å². The van der Waals surface area contributed by atoms with Crippen molar-refractivity contribution in [1.29, 1.82) is 0 Å². The molecule has 108 valence electrons. The highest BCUT2D eigenvalue weighted by molar-refractivity contribution is 6.30. The predicted molar refractivity (Wildman–Crippen MR) is 68.6 cm³/mol. The van der Waals surface area contributed by atoms with Crippen molar-refractivity contribution in [3.63, 3.8) is 0 Å². The summed E-state index contributed by atoms with van der Waals surface area (Å²) in [5.74, 6) is -2.13. The van der Waals surface area contributed by atoms with Crippen LogP contribution >= 0.6 is 11.6 Å². The van der Waals surface area contributed by atoms with E-state index in [1.54, 1.807) is 6.92 Å². The third kappa shape index (κ3) is 4.77. The Balaban J connectivity index is 2.51. The Morgan fingerprint density at radius 2 is 2.00 bits per heavy atom. The topological polar surface area (TPSA) is 102 Å². The van der Waals surface area contributed by atoms with Gasteiger partial charge in [0.1, 0.15) is 11.3 Å². The van der Waals surface area contributed by atoms with Gasteiger partial charge in [0.05, 0.1) is 6.61 Å². The van der Waals surface area contributed by atoms with Crippen molar-refractivity contribution in [2.24, 2.45) is 0 Å². The predicted octanol–water partition coefficient (Wildman–Crippen LogP) is 1.48. The molecule has 0 aliphatic heterocycles. The van der Waals surface area contributed by atoms with Gasteiger partial charge in [-0.2, -0.15) is 0 Å². The number of hydrogen-bond acceptors (Lipinski definition) is 6. The molecule has 0 aromatic heterocycles. The monoisotopic (exact) mass is 301 g/mol. The average Bonchev–Trinajstić information content (AvgIpc) is 2.36. The van der Waals surface area contributed by atoms with Gasteiger partial charge in [-0.15, -0.1) is 0 Å². The summed E-state index contributed by atoms with van der Waals surface area (Å²) in [4.78, 5) is 33.7. The van der Waals surface area contributed by atoms with Gasteiger partial charge < -0.3 is 14.6 Å². The number of hydrogen-bond donors (Lipinski definition) is 2. The third-order valence-corrected chi connectivity index (χ3v) is 2.27. The zero-order valence-electron chi connectivity index (χ0n) is 10.5. The van der Waals surface area contributed by atoms with Crippen LogP contribution in [-0.2, 0) is 14.3 Å². The maximum Gasteiger partial charge on any atom is 0.413 e. The Bertz CT molecular complexity index is 531. The number of aromatic hydroxyl groups is 1. The summed E-state index contributed by atoms with van der Waals surface area (Å²) in [5.41, 5.74) is -0.140. The molecule has 0 bridgehead atoms. The Hall–Kier alpha value is -2.28. The van der Waals surface area contributed by atoms with E-state index in [1.165, 1.54) is 12.1 Å². The second kappa shape index (κ2) is 7.34. The quantitative estimate of drug-likeness (QED) is 0.817. The minimum absolute atomic E-state index is 0.109. The highest BCUT2D eigenvalue weighted by atomic mass is 35.5. The van der Waals surface area contributed by atoms with E-state index in [1.807, 2.05) is 5.32 Å². The van der Waals surface area contributed by atoms with Crippen molar-refractivity contribution >= 4 is 29.6 Å². The number of phenolic OH excluding ortho intramolecular Hbond substituents is 1. The van der Waals surface area contributed by atoms with E-state index in [9.17, 15) is 19.5 Å². The Morgan fingerprint density at radius 1 is 1.30 bits per heavy atom. The molecule has 0 radical (unpaired) electrons. The number of nitrogens with one attached hydrogen (secondary N) is 1. The molecular weight excluding hydrogens is 290 g/mol. The first kappa shape index (κ1) is 15.8. The second-order valence-corrected chi connectivity index (χ2v) is 3.94. The fourth-order valence-electron chi connectivity index (χ4n) is 1.20. The average molecular weight is 302 g/mol. The lowest BCUT2D eigenvalue weighted by Crippen LogP contribution is -2.34. The molecule has 0 saturated carbocycles. The first-order valence-corrected chi connectivity index (χ1v) is 5.94. The number of benzene rings is 1. The number of rotatable bonds is 4. The number of phenols is 1. The highest BCUT2D eigenvalue weighted by Crippen LogP contribution is 2.22. The SMILES string of the molecule is CCOC(=O)NC(=O)COC(=O)c1ccc(Cl)cc1O. The number of imide groups is 1. The van der Waals surface area contributed by atoms with Crippen molar-refractivity contribution in [2.75, 3.05) is 13.2 Å². The van der Waals surface area contributed by atoms with Crippen molar-refractivity contribution in [3.05, 3.63) is 28.8 Å². The van der Waals surface area contributed by atoms with E-state index in [0.29, 0.717) is 0 Å². The molecule has 0 aliphatic rings. The van der Waals surface area contributed by atoms with Crippen LogP contribution in [0.4, 0.5) is 4.79 Å². The van der Waals surface area contributed by atoms with Gasteiger partial charge >= 0.3 is 12.1 Å². The maximum absolute atomic E-state index is 11.6. The Labute approximate surface area is 119 Å². The number of amides is 2. The number of alkyl carbamates (subject to hydrolysis) is 1. The number of carbonyl (C=O) groups is 3. The number of esters is 1. The van der Waals surface area contributed by atoms with Crippen LogP contribution in [0.25, 0.3) is 0 Å². The summed E-state index contributed by atoms with van der Waals surface area (Å²) in [7, 11) is 0. The van der Waals surface area contributed by atoms with Gasteiger partial charge in [0, 0.05) is 5.02 Å². The first-order chi connectivity index (χ1) is 9.43. The molecule has 1 aromatic carbocycles. The van der Waals surface area contributed by atoms with Crippen LogP contribution in [0.2, 0.25) is 5.02 Å². The van der Waals surface area contributed by atoms with Crippen LogP contribution in [-0.4, -0.2) is 36.3 Å². The zero-order chi connectivity index (χ0) is 15.1. The van der Waals surface area contributed by atoms with Gasteiger partial charge in [-0.25, -0.2) is 9.59 Å². The third-order valence-electron chi connectivity index (χ3n) is 2.03. The summed E-state index contributed by atoms with van der Waals surface area (Å²) in [6.45, 7) is 1.00. The summed E-state index contributed by atoms with van der Waals surface area (Å²) >= 11 is 5.61. The highest BCUT2D eigenvalue weighted by Gasteiger charge is 2.16. The van der Waals surface area contributed by atoms with Gasteiger partial charge in [-0.3, -0.25) is 10.1 Å². The fraction of sp³-hybridized carbons (Fsp3) is 0.250. The first-order valence-electron chi connectivity index (χ1n) is 5.56. The molecule has 2 amide bonds. The van der Waals surface area contributed by atoms with Crippen molar-refractivity contribution < 1.29 is 29.0 Å².